The summed E-state index contributed by atoms with van der Waals surface area (Å²) in [4.78, 5) is 0. The lowest BCUT2D eigenvalue weighted by Gasteiger charge is -2.05. The molecule has 0 radical (unpaired) electrons. The van der Waals surface area contributed by atoms with E-state index in [4.69, 9.17) is 4.74 Å². The second kappa shape index (κ2) is 4.49. The highest BCUT2D eigenvalue weighted by Crippen LogP contribution is 2.23. The molecule has 0 aliphatic carbocycles. The summed E-state index contributed by atoms with van der Waals surface area (Å²) in [5, 5.41) is 0. The fourth-order valence-electron chi connectivity index (χ4n) is 1.25. The number of ether oxygens (including phenoxy) is 1. The number of halogens is 1. The van der Waals surface area contributed by atoms with Crippen LogP contribution in [0.5, 0.6) is 11.5 Å². The molecule has 0 saturated carbocycles. The number of rotatable bonds is 2. The molecule has 0 aliphatic rings. The van der Waals surface area contributed by atoms with E-state index >= 15 is 0 Å². The first kappa shape index (κ1) is 10.2. The molecule has 2 rings (SSSR count). The fourth-order valence-corrected chi connectivity index (χ4v) is 1.51. The van der Waals surface area contributed by atoms with Crippen LogP contribution in [0.1, 0.15) is 5.56 Å². The zero-order valence-corrected chi connectivity index (χ0v) is 9.99. The van der Waals surface area contributed by atoms with E-state index in [0.717, 1.165) is 16.0 Å². The van der Waals surface area contributed by atoms with Gasteiger partial charge in [-0.05, 0) is 43.3 Å². The minimum Gasteiger partial charge on any atom is -0.457 e. The van der Waals surface area contributed by atoms with Gasteiger partial charge < -0.3 is 4.74 Å². The Balaban J connectivity index is 2.15. The lowest BCUT2D eigenvalue weighted by Crippen LogP contribution is -1.83. The van der Waals surface area contributed by atoms with Gasteiger partial charge in [0.1, 0.15) is 11.5 Å². The Kier molecular flexibility index (Phi) is 3.07. The van der Waals surface area contributed by atoms with Crippen molar-refractivity contribution in [2.75, 3.05) is 0 Å². The first-order chi connectivity index (χ1) is 7.24. The van der Waals surface area contributed by atoms with Gasteiger partial charge >= 0.3 is 0 Å². The van der Waals surface area contributed by atoms with E-state index in [1.54, 1.807) is 0 Å². The van der Waals surface area contributed by atoms with Crippen LogP contribution in [0, 0.1) is 6.92 Å². The number of benzene rings is 2. The normalized spacial score (nSPS) is 10.0. The second-order valence-corrected chi connectivity index (χ2v) is 4.28. The molecule has 0 bridgehead atoms. The summed E-state index contributed by atoms with van der Waals surface area (Å²) in [6.45, 7) is 2.06. The molecule has 76 valence electrons. The maximum atomic E-state index is 5.67. The molecule has 0 spiro atoms. The molecule has 2 heteroatoms. The summed E-state index contributed by atoms with van der Waals surface area (Å²) >= 11 is 3.38. The molecule has 0 atom stereocenters. The first-order valence-electron chi connectivity index (χ1n) is 4.74. The van der Waals surface area contributed by atoms with Gasteiger partial charge in [0.2, 0.25) is 0 Å². The predicted molar refractivity (Wildman–Crippen MR) is 65.4 cm³/mol. The molecule has 1 nitrogen and oxygen atoms in total. The third-order valence-electron chi connectivity index (χ3n) is 2.07. The summed E-state index contributed by atoms with van der Waals surface area (Å²) < 4.78 is 6.72. The molecule has 2 aromatic rings. The van der Waals surface area contributed by atoms with Crippen LogP contribution in [0.2, 0.25) is 0 Å². The zero-order chi connectivity index (χ0) is 10.7. The van der Waals surface area contributed by atoms with Gasteiger partial charge in [-0.1, -0.05) is 33.6 Å². The van der Waals surface area contributed by atoms with Crippen LogP contribution >= 0.6 is 15.9 Å². The highest BCUT2D eigenvalue weighted by Gasteiger charge is 1.96. The van der Waals surface area contributed by atoms with Crippen LogP contribution in [-0.4, -0.2) is 0 Å². The van der Waals surface area contributed by atoms with Gasteiger partial charge in [0, 0.05) is 4.47 Å². The predicted octanol–water partition coefficient (Wildman–Crippen LogP) is 4.55. The Morgan fingerprint density at radius 1 is 0.800 bits per heavy atom. The number of hydrogen-bond acceptors (Lipinski definition) is 1. The number of aryl methyl sites for hydroxylation is 1. The van der Waals surface area contributed by atoms with Crippen molar-refractivity contribution in [1.29, 1.82) is 0 Å². The van der Waals surface area contributed by atoms with E-state index in [-0.39, 0.29) is 0 Å². The zero-order valence-electron chi connectivity index (χ0n) is 8.41. The van der Waals surface area contributed by atoms with E-state index in [0.29, 0.717) is 0 Å². The topological polar surface area (TPSA) is 9.23 Å². The van der Waals surface area contributed by atoms with Gasteiger partial charge in [0.15, 0.2) is 0 Å². The molecule has 0 amide bonds. The maximum absolute atomic E-state index is 5.67. The molecule has 2 aromatic carbocycles. The van der Waals surface area contributed by atoms with Crippen molar-refractivity contribution in [3.63, 3.8) is 0 Å². The molecule has 0 aliphatic heterocycles. The van der Waals surface area contributed by atoms with Crippen LogP contribution < -0.4 is 4.74 Å². The Hall–Kier alpha value is -1.28. The van der Waals surface area contributed by atoms with E-state index in [2.05, 4.69) is 22.9 Å². The van der Waals surface area contributed by atoms with Crippen LogP contribution in [0.3, 0.4) is 0 Å². The van der Waals surface area contributed by atoms with Crippen molar-refractivity contribution in [1.82, 2.24) is 0 Å². The minimum atomic E-state index is 0.849. The smallest absolute Gasteiger partial charge is 0.127 e. The maximum Gasteiger partial charge on any atom is 0.127 e. The monoisotopic (exact) mass is 262 g/mol. The van der Waals surface area contributed by atoms with Crippen molar-refractivity contribution in [2.24, 2.45) is 0 Å². The first-order valence-corrected chi connectivity index (χ1v) is 5.53. The summed E-state index contributed by atoms with van der Waals surface area (Å²) in [6.07, 6.45) is 0. The lowest BCUT2D eigenvalue weighted by atomic mass is 10.2. The molecular formula is C13H11BrO. The lowest BCUT2D eigenvalue weighted by molar-refractivity contribution is 0.482. The Labute approximate surface area is 97.8 Å². The quantitative estimate of drug-likeness (QED) is 0.772. The van der Waals surface area contributed by atoms with Gasteiger partial charge in [0.25, 0.3) is 0 Å². The largest absolute Gasteiger partial charge is 0.457 e. The van der Waals surface area contributed by atoms with E-state index in [1.165, 1.54) is 5.56 Å². The molecule has 0 fully saturated rings. The van der Waals surface area contributed by atoms with Crippen LogP contribution in [0.15, 0.2) is 53.0 Å². The van der Waals surface area contributed by atoms with E-state index in [9.17, 15) is 0 Å². The van der Waals surface area contributed by atoms with Crippen molar-refractivity contribution in [3.05, 3.63) is 58.6 Å². The van der Waals surface area contributed by atoms with Crippen LogP contribution in [-0.2, 0) is 0 Å². The third-order valence-corrected chi connectivity index (χ3v) is 2.60. The average Bonchev–Trinajstić information content (AvgIpc) is 2.25. The van der Waals surface area contributed by atoms with Crippen molar-refractivity contribution < 1.29 is 4.74 Å². The number of hydrogen-bond donors (Lipinski definition) is 0. The van der Waals surface area contributed by atoms with Crippen molar-refractivity contribution in [2.45, 2.75) is 6.92 Å². The Morgan fingerprint density at radius 3 is 1.80 bits per heavy atom. The van der Waals surface area contributed by atoms with Gasteiger partial charge in [-0.2, -0.15) is 0 Å². The van der Waals surface area contributed by atoms with Gasteiger partial charge in [0.05, 0.1) is 0 Å². The van der Waals surface area contributed by atoms with Crippen molar-refractivity contribution >= 4 is 15.9 Å². The Bertz CT molecular complexity index is 388. The van der Waals surface area contributed by atoms with Crippen LogP contribution in [0.25, 0.3) is 0 Å². The molecule has 0 heterocycles. The Morgan fingerprint density at radius 2 is 1.27 bits per heavy atom. The molecule has 0 unspecified atom stereocenters. The van der Waals surface area contributed by atoms with Crippen LogP contribution in [0.4, 0.5) is 0 Å². The summed E-state index contributed by atoms with van der Waals surface area (Å²) in [5.41, 5.74) is 1.23. The summed E-state index contributed by atoms with van der Waals surface area (Å²) in [7, 11) is 0. The van der Waals surface area contributed by atoms with E-state index < -0.39 is 0 Å². The fraction of sp³-hybridized carbons (Fsp3) is 0.0769. The summed E-state index contributed by atoms with van der Waals surface area (Å²) in [5.74, 6) is 1.71. The van der Waals surface area contributed by atoms with Gasteiger partial charge in [-0.25, -0.2) is 0 Å². The second-order valence-electron chi connectivity index (χ2n) is 3.37. The van der Waals surface area contributed by atoms with Gasteiger partial charge in [-0.15, -0.1) is 0 Å². The minimum absolute atomic E-state index is 0.849. The standard InChI is InChI=1S/C13H11BrO/c1-10-2-6-12(7-3-10)15-13-8-4-11(14)5-9-13/h2-9H,1H3. The van der Waals surface area contributed by atoms with Gasteiger partial charge in [-0.3, -0.25) is 0 Å². The molecule has 0 aromatic heterocycles. The average molecular weight is 263 g/mol. The molecule has 15 heavy (non-hydrogen) atoms. The molecule has 0 N–H and O–H groups in total. The van der Waals surface area contributed by atoms with Crippen molar-refractivity contribution in [3.8, 4) is 11.5 Å². The third kappa shape index (κ3) is 2.83. The summed E-state index contributed by atoms with van der Waals surface area (Å²) in [6, 6.07) is 15.8. The van der Waals surface area contributed by atoms with E-state index in [1.807, 2.05) is 48.5 Å². The highest BCUT2D eigenvalue weighted by atomic mass is 79.9. The SMILES string of the molecule is Cc1ccc(Oc2ccc(Br)cc2)cc1. The molecule has 0 saturated heterocycles. The molecular weight excluding hydrogens is 252 g/mol. The highest BCUT2D eigenvalue weighted by molar-refractivity contribution is 9.10.